The summed E-state index contributed by atoms with van der Waals surface area (Å²) >= 11 is 1.59. The summed E-state index contributed by atoms with van der Waals surface area (Å²) in [5, 5.41) is 0.606. The van der Waals surface area contributed by atoms with Crippen LogP contribution in [-0.4, -0.2) is 12.3 Å². The highest BCUT2D eigenvalue weighted by Gasteiger charge is 2.16. The number of aliphatic imine (C=N–C) groups is 1. The molecule has 0 atom stereocenters. The van der Waals surface area contributed by atoms with Gasteiger partial charge in [0.2, 0.25) is 0 Å². The molecule has 2 aromatic carbocycles. The third-order valence-electron chi connectivity index (χ3n) is 4.52. The molecule has 0 aliphatic rings. The fourth-order valence-corrected chi connectivity index (χ4v) is 3.75. The van der Waals surface area contributed by atoms with E-state index in [0.717, 1.165) is 17.1 Å². The van der Waals surface area contributed by atoms with Crippen LogP contribution in [0.3, 0.4) is 0 Å². The SMILES string of the molecule is COc1ccccc1CN=C(N)SCc1c(C)cc(C(C)(C)C)cc1C. The van der Waals surface area contributed by atoms with Crippen molar-refractivity contribution in [1.29, 1.82) is 0 Å². The van der Waals surface area contributed by atoms with Crippen LogP contribution in [0.2, 0.25) is 0 Å². The molecule has 0 saturated carbocycles. The van der Waals surface area contributed by atoms with Crippen LogP contribution in [0.4, 0.5) is 0 Å². The van der Waals surface area contributed by atoms with Gasteiger partial charge in [0.1, 0.15) is 5.75 Å². The van der Waals surface area contributed by atoms with Gasteiger partial charge >= 0.3 is 0 Å². The highest BCUT2D eigenvalue weighted by molar-refractivity contribution is 8.13. The second-order valence-electron chi connectivity index (χ2n) is 7.59. The van der Waals surface area contributed by atoms with Crippen LogP contribution < -0.4 is 10.5 Å². The summed E-state index contributed by atoms with van der Waals surface area (Å²) in [6.45, 7) is 11.6. The summed E-state index contributed by atoms with van der Waals surface area (Å²) in [6.07, 6.45) is 0. The quantitative estimate of drug-likeness (QED) is 0.569. The van der Waals surface area contributed by atoms with Crippen LogP contribution in [-0.2, 0) is 17.7 Å². The van der Waals surface area contributed by atoms with Gasteiger partial charge in [0, 0.05) is 11.3 Å². The molecule has 0 amide bonds. The van der Waals surface area contributed by atoms with Crippen molar-refractivity contribution in [3.05, 3.63) is 64.2 Å². The predicted octanol–water partition coefficient (Wildman–Crippen LogP) is 5.36. The summed E-state index contributed by atoms with van der Waals surface area (Å²) in [5.41, 5.74) is 12.7. The first-order valence-electron chi connectivity index (χ1n) is 8.87. The van der Waals surface area contributed by atoms with E-state index in [2.05, 4.69) is 51.7 Å². The zero-order chi connectivity index (χ0) is 19.3. The van der Waals surface area contributed by atoms with Crippen molar-refractivity contribution in [2.45, 2.75) is 52.3 Å². The van der Waals surface area contributed by atoms with Crippen molar-refractivity contribution in [3.63, 3.8) is 0 Å². The van der Waals surface area contributed by atoms with Crippen LogP contribution in [0.25, 0.3) is 0 Å². The van der Waals surface area contributed by atoms with Gasteiger partial charge < -0.3 is 10.5 Å². The van der Waals surface area contributed by atoms with Crippen molar-refractivity contribution >= 4 is 16.9 Å². The molecule has 0 aliphatic carbocycles. The lowest BCUT2D eigenvalue weighted by Crippen LogP contribution is -2.13. The second-order valence-corrected chi connectivity index (χ2v) is 8.59. The third-order valence-corrected chi connectivity index (χ3v) is 5.38. The lowest BCUT2D eigenvalue weighted by atomic mass is 9.84. The van der Waals surface area contributed by atoms with E-state index in [1.54, 1.807) is 18.9 Å². The van der Waals surface area contributed by atoms with Gasteiger partial charge in [-0.2, -0.15) is 0 Å². The van der Waals surface area contributed by atoms with E-state index in [-0.39, 0.29) is 5.41 Å². The number of hydrogen-bond acceptors (Lipinski definition) is 3. The molecule has 0 aromatic heterocycles. The van der Waals surface area contributed by atoms with Crippen molar-refractivity contribution in [2.24, 2.45) is 10.7 Å². The molecule has 140 valence electrons. The molecule has 2 N–H and O–H groups in total. The molecule has 0 spiro atoms. The lowest BCUT2D eigenvalue weighted by molar-refractivity contribution is 0.410. The Balaban J connectivity index is 2.06. The Morgan fingerprint density at radius 2 is 1.73 bits per heavy atom. The normalized spacial score (nSPS) is 12.3. The maximum absolute atomic E-state index is 6.13. The maximum Gasteiger partial charge on any atom is 0.154 e. The number of rotatable bonds is 5. The first kappa shape index (κ1) is 20.4. The van der Waals surface area contributed by atoms with Gasteiger partial charge in [0.25, 0.3) is 0 Å². The Labute approximate surface area is 162 Å². The Hall–Kier alpha value is -1.94. The van der Waals surface area contributed by atoms with Gasteiger partial charge in [-0.15, -0.1) is 0 Å². The molecule has 0 fully saturated rings. The van der Waals surface area contributed by atoms with Crippen LogP contribution in [0.5, 0.6) is 5.75 Å². The molecule has 0 heterocycles. The molecule has 2 rings (SSSR count). The number of amidine groups is 1. The summed E-state index contributed by atoms with van der Waals surface area (Å²) in [6, 6.07) is 12.5. The van der Waals surface area contributed by atoms with Crippen molar-refractivity contribution in [3.8, 4) is 5.75 Å². The highest BCUT2D eigenvalue weighted by atomic mass is 32.2. The fraction of sp³-hybridized carbons (Fsp3) is 0.409. The topological polar surface area (TPSA) is 47.6 Å². The van der Waals surface area contributed by atoms with Crippen LogP contribution in [0.15, 0.2) is 41.4 Å². The summed E-state index contributed by atoms with van der Waals surface area (Å²) in [4.78, 5) is 4.51. The van der Waals surface area contributed by atoms with Gasteiger partial charge in [-0.05, 0) is 47.6 Å². The van der Waals surface area contributed by atoms with E-state index in [1.165, 1.54) is 22.3 Å². The molecule has 3 nitrogen and oxygen atoms in total. The monoisotopic (exact) mass is 370 g/mol. The van der Waals surface area contributed by atoms with E-state index < -0.39 is 0 Å². The molecule has 26 heavy (non-hydrogen) atoms. The van der Waals surface area contributed by atoms with E-state index in [4.69, 9.17) is 10.5 Å². The average molecular weight is 371 g/mol. The number of thioether (sulfide) groups is 1. The molecular formula is C22H30N2OS. The summed E-state index contributed by atoms with van der Waals surface area (Å²) in [5.74, 6) is 1.68. The predicted molar refractivity (Wildman–Crippen MR) is 114 cm³/mol. The first-order chi connectivity index (χ1) is 12.2. The third kappa shape index (κ3) is 5.28. The summed E-state index contributed by atoms with van der Waals surface area (Å²) in [7, 11) is 1.67. The van der Waals surface area contributed by atoms with E-state index in [0.29, 0.717) is 11.7 Å². The minimum absolute atomic E-state index is 0.163. The van der Waals surface area contributed by atoms with Crippen molar-refractivity contribution < 1.29 is 4.74 Å². The van der Waals surface area contributed by atoms with Crippen LogP contribution >= 0.6 is 11.8 Å². The Bertz CT molecular complexity index is 768. The second kappa shape index (κ2) is 8.63. The molecule has 4 heteroatoms. The molecular weight excluding hydrogens is 340 g/mol. The van der Waals surface area contributed by atoms with Gasteiger partial charge in [0.05, 0.1) is 13.7 Å². The van der Waals surface area contributed by atoms with E-state index in [9.17, 15) is 0 Å². The number of ether oxygens (including phenoxy) is 1. The largest absolute Gasteiger partial charge is 0.496 e. The standard InChI is InChI=1S/C22H30N2OS/c1-15-11-18(22(3,4)5)12-16(2)19(15)14-26-21(23)24-13-17-9-7-8-10-20(17)25-6/h7-12H,13-14H2,1-6H3,(H2,23,24). The van der Waals surface area contributed by atoms with Crippen LogP contribution in [0, 0.1) is 13.8 Å². The van der Waals surface area contributed by atoms with Crippen molar-refractivity contribution in [1.82, 2.24) is 0 Å². The van der Waals surface area contributed by atoms with Gasteiger partial charge in [-0.25, -0.2) is 0 Å². The molecule has 0 unspecified atom stereocenters. The minimum Gasteiger partial charge on any atom is -0.496 e. The molecule has 0 bridgehead atoms. The molecule has 0 radical (unpaired) electrons. The number of hydrogen-bond donors (Lipinski definition) is 1. The lowest BCUT2D eigenvalue weighted by Gasteiger charge is -2.22. The Morgan fingerprint density at radius 1 is 1.12 bits per heavy atom. The molecule has 2 aromatic rings. The van der Waals surface area contributed by atoms with Crippen LogP contribution in [0.1, 0.15) is 48.6 Å². The van der Waals surface area contributed by atoms with Gasteiger partial charge in [-0.1, -0.05) is 62.9 Å². The number of nitrogens with two attached hydrogens (primary N) is 1. The Morgan fingerprint density at radius 3 is 2.31 bits per heavy atom. The summed E-state index contributed by atoms with van der Waals surface area (Å²) < 4.78 is 5.36. The minimum atomic E-state index is 0.163. The zero-order valence-electron chi connectivity index (χ0n) is 16.7. The zero-order valence-corrected chi connectivity index (χ0v) is 17.5. The number of aryl methyl sites for hydroxylation is 2. The fourth-order valence-electron chi connectivity index (χ4n) is 2.84. The molecule has 0 aliphatic heterocycles. The number of benzene rings is 2. The van der Waals surface area contributed by atoms with Gasteiger partial charge in [-0.3, -0.25) is 4.99 Å². The first-order valence-corrected chi connectivity index (χ1v) is 9.86. The smallest absolute Gasteiger partial charge is 0.154 e. The highest BCUT2D eigenvalue weighted by Crippen LogP contribution is 2.29. The van der Waals surface area contributed by atoms with E-state index >= 15 is 0 Å². The number of methoxy groups -OCH3 is 1. The Kier molecular flexibility index (Phi) is 6.76. The number of nitrogens with zero attached hydrogens (tertiary/aromatic N) is 1. The number of para-hydroxylation sites is 1. The van der Waals surface area contributed by atoms with Crippen molar-refractivity contribution in [2.75, 3.05) is 7.11 Å². The molecule has 0 saturated heterocycles. The van der Waals surface area contributed by atoms with E-state index in [1.807, 2.05) is 24.3 Å². The maximum atomic E-state index is 6.13. The average Bonchev–Trinajstić information content (AvgIpc) is 2.58. The van der Waals surface area contributed by atoms with Gasteiger partial charge in [0.15, 0.2) is 5.17 Å².